The van der Waals surface area contributed by atoms with Gasteiger partial charge in [0.25, 0.3) is 5.91 Å². The van der Waals surface area contributed by atoms with Crippen LogP contribution >= 0.6 is 0 Å². The van der Waals surface area contributed by atoms with Crippen molar-refractivity contribution in [2.75, 3.05) is 34.1 Å². The molecule has 1 N–H and O–H groups in total. The van der Waals surface area contributed by atoms with Crippen LogP contribution < -0.4 is 5.32 Å². The van der Waals surface area contributed by atoms with Crippen LogP contribution in [0.3, 0.4) is 0 Å². The number of ether oxygens (including phenoxy) is 2. The first-order valence-corrected chi connectivity index (χ1v) is 8.56. The molecule has 1 spiro atoms. The highest BCUT2D eigenvalue weighted by Gasteiger charge is 2.49. The number of hydroxylamine groups is 2. The second-order valence-corrected chi connectivity index (χ2v) is 6.72. The van der Waals surface area contributed by atoms with Crippen molar-refractivity contribution in [3.05, 3.63) is 40.6 Å². The lowest BCUT2D eigenvalue weighted by Gasteiger charge is -2.39. The van der Waals surface area contributed by atoms with Crippen LogP contribution in [0.1, 0.15) is 29.5 Å². The minimum atomic E-state index is -0.490. The Morgan fingerprint density at radius 2 is 1.92 bits per heavy atom. The molecule has 25 heavy (non-hydrogen) atoms. The predicted octanol–water partition coefficient (Wildman–Crippen LogP) is 2.16. The highest BCUT2D eigenvalue weighted by Crippen LogP contribution is 2.41. The molecule has 6 heteroatoms. The van der Waals surface area contributed by atoms with Gasteiger partial charge in [-0.25, -0.2) is 0 Å². The number of hydrogen-bond acceptors (Lipinski definition) is 5. The van der Waals surface area contributed by atoms with Crippen LogP contribution in [0.15, 0.2) is 24.0 Å². The van der Waals surface area contributed by atoms with Crippen LogP contribution in [0.5, 0.6) is 0 Å². The van der Waals surface area contributed by atoms with Crippen molar-refractivity contribution in [1.29, 1.82) is 0 Å². The van der Waals surface area contributed by atoms with Gasteiger partial charge < -0.3 is 19.6 Å². The van der Waals surface area contributed by atoms with Gasteiger partial charge in [-0.3, -0.25) is 4.79 Å². The average molecular weight is 346 g/mol. The molecule has 2 aliphatic rings. The van der Waals surface area contributed by atoms with Gasteiger partial charge in [-0.2, -0.15) is 5.06 Å². The molecular formula is C19H26N2O4. The zero-order valence-electron chi connectivity index (χ0n) is 15.3. The zero-order valence-corrected chi connectivity index (χ0v) is 15.3. The Bertz CT molecular complexity index is 691. The van der Waals surface area contributed by atoms with E-state index in [9.17, 15) is 4.79 Å². The summed E-state index contributed by atoms with van der Waals surface area (Å²) in [7, 11) is 3.26. The van der Waals surface area contributed by atoms with Crippen LogP contribution in [0.25, 0.3) is 5.57 Å². The second kappa shape index (κ2) is 7.15. The van der Waals surface area contributed by atoms with E-state index in [0.717, 1.165) is 42.6 Å². The van der Waals surface area contributed by atoms with Gasteiger partial charge >= 0.3 is 0 Å². The highest BCUT2D eigenvalue weighted by atomic mass is 16.7. The summed E-state index contributed by atoms with van der Waals surface area (Å²) in [6, 6.07) is 6.13. The maximum Gasteiger partial charge on any atom is 0.256 e. The lowest BCUT2D eigenvalue weighted by atomic mass is 9.85. The van der Waals surface area contributed by atoms with E-state index >= 15 is 0 Å². The van der Waals surface area contributed by atoms with Crippen molar-refractivity contribution >= 4 is 11.5 Å². The van der Waals surface area contributed by atoms with E-state index in [2.05, 4.69) is 11.4 Å². The van der Waals surface area contributed by atoms with Gasteiger partial charge in [0.15, 0.2) is 6.79 Å². The van der Waals surface area contributed by atoms with Gasteiger partial charge in [0.05, 0.1) is 12.7 Å². The molecule has 1 aromatic carbocycles. The van der Waals surface area contributed by atoms with E-state index in [4.69, 9.17) is 14.3 Å². The number of carbonyl (C=O) groups excluding carboxylic acids is 1. The number of rotatable bonds is 5. The Balaban J connectivity index is 2.06. The Labute approximate surface area is 148 Å². The third-order valence-electron chi connectivity index (χ3n) is 5.06. The first-order chi connectivity index (χ1) is 12.0. The molecule has 1 fully saturated rings. The maximum absolute atomic E-state index is 12.9. The van der Waals surface area contributed by atoms with Crippen molar-refractivity contribution in [3.8, 4) is 0 Å². The number of hydrogen-bond donors (Lipinski definition) is 1. The summed E-state index contributed by atoms with van der Waals surface area (Å²) in [4.78, 5) is 18.2. The lowest BCUT2D eigenvalue weighted by Crippen LogP contribution is -2.53. The van der Waals surface area contributed by atoms with E-state index in [1.807, 2.05) is 31.0 Å². The zero-order chi connectivity index (χ0) is 18.0. The summed E-state index contributed by atoms with van der Waals surface area (Å²) in [6.07, 6.45) is 1.47. The van der Waals surface area contributed by atoms with Gasteiger partial charge in [0.2, 0.25) is 0 Å². The van der Waals surface area contributed by atoms with Gasteiger partial charge in [-0.05, 0) is 37.8 Å². The third kappa shape index (κ3) is 3.29. The van der Waals surface area contributed by atoms with Gasteiger partial charge in [-0.1, -0.05) is 23.8 Å². The Hall–Kier alpha value is -1.89. The van der Waals surface area contributed by atoms with Crippen molar-refractivity contribution in [3.63, 3.8) is 0 Å². The standard InChI is InChI=1S/C19H26N2O4/c1-13-5-6-14(2)15(11-13)16-17(25-12-23-3)19(20-18(16)22)7-9-21(24-4)10-8-19/h5-6,11H,7-10,12H2,1-4H3,(H,20,22). The lowest BCUT2D eigenvalue weighted by molar-refractivity contribution is -0.154. The highest BCUT2D eigenvalue weighted by molar-refractivity contribution is 6.23. The molecule has 136 valence electrons. The van der Waals surface area contributed by atoms with E-state index in [0.29, 0.717) is 11.3 Å². The van der Waals surface area contributed by atoms with E-state index < -0.39 is 5.54 Å². The molecule has 1 aromatic rings. The van der Waals surface area contributed by atoms with E-state index in [1.165, 1.54) is 0 Å². The average Bonchev–Trinajstić information content (AvgIpc) is 2.87. The third-order valence-corrected chi connectivity index (χ3v) is 5.06. The number of piperidine rings is 1. The smallest absolute Gasteiger partial charge is 0.256 e. The first-order valence-electron chi connectivity index (χ1n) is 8.56. The number of nitrogens with zero attached hydrogens (tertiary/aromatic N) is 1. The molecule has 0 saturated carbocycles. The van der Waals surface area contributed by atoms with Crippen LogP contribution in [0.4, 0.5) is 0 Å². The van der Waals surface area contributed by atoms with Crippen LogP contribution in [0, 0.1) is 13.8 Å². The summed E-state index contributed by atoms with van der Waals surface area (Å²) in [5, 5.41) is 5.10. The summed E-state index contributed by atoms with van der Waals surface area (Å²) in [6.45, 7) is 5.63. The fourth-order valence-electron chi connectivity index (χ4n) is 3.66. The molecular weight excluding hydrogens is 320 g/mol. The van der Waals surface area contributed by atoms with Gasteiger partial charge in [-0.15, -0.1) is 0 Å². The topological polar surface area (TPSA) is 60.0 Å². The largest absolute Gasteiger partial charge is 0.469 e. The molecule has 0 radical (unpaired) electrons. The molecule has 2 aliphatic heterocycles. The molecule has 0 bridgehead atoms. The van der Waals surface area contributed by atoms with E-state index in [-0.39, 0.29) is 12.7 Å². The van der Waals surface area contributed by atoms with Gasteiger partial charge in [0.1, 0.15) is 11.3 Å². The number of carbonyl (C=O) groups is 1. The number of aryl methyl sites for hydroxylation is 2. The number of amides is 1. The summed E-state index contributed by atoms with van der Waals surface area (Å²) < 4.78 is 11.1. The quantitative estimate of drug-likeness (QED) is 0.828. The Morgan fingerprint density at radius 1 is 1.20 bits per heavy atom. The number of benzene rings is 1. The minimum Gasteiger partial charge on any atom is -0.469 e. The van der Waals surface area contributed by atoms with Crippen molar-refractivity contribution < 1.29 is 19.1 Å². The first kappa shape index (κ1) is 17.9. The molecule has 0 aromatic heterocycles. The Morgan fingerprint density at radius 3 is 2.56 bits per heavy atom. The molecule has 2 heterocycles. The van der Waals surface area contributed by atoms with Crippen LogP contribution in [0.2, 0.25) is 0 Å². The summed E-state index contributed by atoms with van der Waals surface area (Å²) in [5.74, 6) is 0.620. The molecule has 0 unspecified atom stereocenters. The van der Waals surface area contributed by atoms with Gasteiger partial charge in [0, 0.05) is 20.2 Å². The predicted molar refractivity (Wildman–Crippen MR) is 94.5 cm³/mol. The fourth-order valence-corrected chi connectivity index (χ4v) is 3.66. The minimum absolute atomic E-state index is 0.0781. The molecule has 0 aliphatic carbocycles. The Kier molecular flexibility index (Phi) is 5.13. The molecule has 1 saturated heterocycles. The molecule has 1 amide bonds. The maximum atomic E-state index is 12.9. The summed E-state index contributed by atoms with van der Waals surface area (Å²) in [5.41, 5.74) is 3.23. The van der Waals surface area contributed by atoms with Crippen LogP contribution in [-0.2, 0) is 19.1 Å². The molecule has 0 atom stereocenters. The SMILES string of the molecule is COCOC1=C(c2cc(C)ccc2C)C(=O)NC12CCN(OC)CC2. The number of methoxy groups -OCH3 is 1. The van der Waals surface area contributed by atoms with Crippen molar-refractivity contribution in [2.45, 2.75) is 32.2 Å². The normalized spacial score (nSPS) is 20.2. The molecule has 3 rings (SSSR count). The van der Waals surface area contributed by atoms with E-state index in [1.54, 1.807) is 14.2 Å². The molecule has 6 nitrogen and oxygen atoms in total. The number of nitrogens with one attached hydrogen (secondary N) is 1. The summed E-state index contributed by atoms with van der Waals surface area (Å²) >= 11 is 0. The fraction of sp³-hybridized carbons (Fsp3) is 0.526. The monoisotopic (exact) mass is 346 g/mol. The van der Waals surface area contributed by atoms with Crippen LogP contribution in [-0.4, -0.2) is 50.6 Å². The van der Waals surface area contributed by atoms with Crippen molar-refractivity contribution in [2.24, 2.45) is 0 Å². The van der Waals surface area contributed by atoms with Crippen molar-refractivity contribution in [1.82, 2.24) is 10.4 Å². The second-order valence-electron chi connectivity index (χ2n) is 6.72.